The zero-order chi connectivity index (χ0) is 14.0. The van der Waals surface area contributed by atoms with Gasteiger partial charge in [0.05, 0.1) is 19.3 Å². The molecule has 0 radical (unpaired) electrons. The van der Waals surface area contributed by atoms with Crippen LogP contribution in [-0.4, -0.2) is 24.4 Å². The summed E-state index contributed by atoms with van der Waals surface area (Å²) in [5.74, 6) is 1.85. The molecule has 2 rings (SSSR count). The van der Waals surface area contributed by atoms with Crippen LogP contribution < -0.4 is 5.73 Å². The Morgan fingerprint density at radius 3 is 2.84 bits per heavy atom. The summed E-state index contributed by atoms with van der Waals surface area (Å²) in [6.07, 6.45) is 6.04. The van der Waals surface area contributed by atoms with Gasteiger partial charge in [-0.25, -0.2) is 0 Å². The lowest BCUT2D eigenvalue weighted by Crippen LogP contribution is -2.45. The summed E-state index contributed by atoms with van der Waals surface area (Å²) in [5, 5.41) is 9.69. The monoisotopic (exact) mass is 265 g/mol. The summed E-state index contributed by atoms with van der Waals surface area (Å²) in [7, 11) is 1.55. The van der Waals surface area contributed by atoms with Gasteiger partial charge < -0.3 is 20.3 Å². The van der Waals surface area contributed by atoms with Crippen LogP contribution in [0.25, 0.3) is 0 Å². The molecular formula is C15H23NO3. The molecule has 1 fully saturated rings. The molecule has 2 aliphatic rings. The number of nitrogens with two attached hydrogens (primary N) is 1. The second-order valence-electron chi connectivity index (χ2n) is 5.17. The molecule has 1 aliphatic heterocycles. The summed E-state index contributed by atoms with van der Waals surface area (Å²) in [6, 6.07) is 0. The van der Waals surface area contributed by atoms with E-state index in [4.69, 9.17) is 15.2 Å². The number of allylic oxidation sites excluding steroid dienone is 3. The van der Waals surface area contributed by atoms with Crippen LogP contribution in [-0.2, 0) is 9.47 Å². The lowest BCUT2D eigenvalue weighted by atomic mass is 9.79. The average molecular weight is 265 g/mol. The normalized spacial score (nSPS) is 34.6. The quantitative estimate of drug-likeness (QED) is 0.823. The Morgan fingerprint density at radius 2 is 2.26 bits per heavy atom. The fraction of sp³-hybridized carbons (Fsp3) is 0.600. The first-order chi connectivity index (χ1) is 9.06. The standard InChI is InChI=1S/C15H23NO3/c1-4-11-9-19-14(15(11,16)5-2)10-6-7-12(17)13(8-10)18-3/h7-8,11,17H,4-6,9,16H2,1-3H3/b14-10-/t11-,15+/m0/s1. The number of hydrogen-bond donors (Lipinski definition) is 2. The van der Waals surface area contributed by atoms with E-state index in [-0.39, 0.29) is 5.76 Å². The highest BCUT2D eigenvalue weighted by Gasteiger charge is 2.44. The van der Waals surface area contributed by atoms with Gasteiger partial charge in [0.25, 0.3) is 0 Å². The minimum Gasteiger partial charge on any atom is -0.504 e. The highest BCUT2D eigenvalue weighted by atomic mass is 16.5. The van der Waals surface area contributed by atoms with Gasteiger partial charge in [0, 0.05) is 5.92 Å². The minimum absolute atomic E-state index is 0.177. The maximum atomic E-state index is 9.69. The van der Waals surface area contributed by atoms with Crippen LogP contribution in [0.2, 0.25) is 0 Å². The van der Waals surface area contributed by atoms with Gasteiger partial charge in [0.2, 0.25) is 0 Å². The molecule has 1 aliphatic carbocycles. The SMILES string of the molecule is CC[C@H]1CO/C(=C2\C=C(OC)C(O)=CC2)[C@@]1(N)CC. The molecule has 106 valence electrons. The van der Waals surface area contributed by atoms with E-state index in [1.807, 2.05) is 6.08 Å². The van der Waals surface area contributed by atoms with Gasteiger partial charge in [-0.15, -0.1) is 0 Å². The van der Waals surface area contributed by atoms with Crippen molar-refractivity contribution >= 4 is 0 Å². The maximum Gasteiger partial charge on any atom is 0.160 e. The van der Waals surface area contributed by atoms with Gasteiger partial charge in [-0.1, -0.05) is 13.8 Å². The van der Waals surface area contributed by atoms with Crippen molar-refractivity contribution in [2.75, 3.05) is 13.7 Å². The predicted octanol–water partition coefficient (Wildman–Crippen LogP) is 2.78. The zero-order valence-corrected chi connectivity index (χ0v) is 11.9. The Hall–Kier alpha value is -1.42. The van der Waals surface area contributed by atoms with Gasteiger partial charge in [-0.05, 0) is 37.0 Å². The molecular weight excluding hydrogens is 242 g/mol. The third-order valence-electron chi connectivity index (χ3n) is 4.24. The molecule has 0 unspecified atom stereocenters. The summed E-state index contributed by atoms with van der Waals surface area (Å²) in [4.78, 5) is 0. The predicted molar refractivity (Wildman–Crippen MR) is 74.4 cm³/mol. The van der Waals surface area contributed by atoms with Crippen molar-refractivity contribution in [3.63, 3.8) is 0 Å². The largest absolute Gasteiger partial charge is 0.504 e. The van der Waals surface area contributed by atoms with Gasteiger partial charge in [-0.3, -0.25) is 0 Å². The molecule has 1 saturated heterocycles. The number of aliphatic hydroxyl groups is 1. The van der Waals surface area contributed by atoms with Crippen LogP contribution >= 0.6 is 0 Å². The molecule has 2 atom stereocenters. The van der Waals surface area contributed by atoms with Crippen molar-refractivity contribution in [2.45, 2.75) is 38.6 Å². The molecule has 0 saturated carbocycles. The molecule has 0 spiro atoms. The topological polar surface area (TPSA) is 64.7 Å². The number of aliphatic hydroxyl groups excluding tert-OH is 1. The Kier molecular flexibility index (Phi) is 3.90. The van der Waals surface area contributed by atoms with Crippen molar-refractivity contribution in [1.29, 1.82) is 0 Å². The first-order valence-electron chi connectivity index (χ1n) is 6.87. The van der Waals surface area contributed by atoms with Gasteiger partial charge in [0.15, 0.2) is 11.5 Å². The molecule has 0 aromatic heterocycles. The van der Waals surface area contributed by atoms with Crippen molar-refractivity contribution in [3.8, 4) is 0 Å². The van der Waals surface area contributed by atoms with Crippen molar-refractivity contribution < 1.29 is 14.6 Å². The smallest absolute Gasteiger partial charge is 0.160 e. The summed E-state index contributed by atoms with van der Waals surface area (Å²) in [5.41, 5.74) is 7.18. The molecule has 0 aromatic rings. The van der Waals surface area contributed by atoms with E-state index < -0.39 is 5.54 Å². The number of methoxy groups -OCH3 is 1. The number of hydrogen-bond acceptors (Lipinski definition) is 4. The Morgan fingerprint density at radius 1 is 1.53 bits per heavy atom. The minimum atomic E-state index is -0.403. The Labute approximate surface area is 114 Å². The zero-order valence-electron chi connectivity index (χ0n) is 11.9. The lowest BCUT2D eigenvalue weighted by Gasteiger charge is -2.29. The fourth-order valence-electron chi connectivity index (χ4n) is 2.90. The third-order valence-corrected chi connectivity index (χ3v) is 4.24. The van der Waals surface area contributed by atoms with Crippen LogP contribution in [0.15, 0.2) is 35.0 Å². The molecule has 1 heterocycles. The molecule has 0 amide bonds. The van der Waals surface area contributed by atoms with Gasteiger partial charge in [0.1, 0.15) is 5.76 Å². The molecule has 4 nitrogen and oxygen atoms in total. The first-order valence-corrected chi connectivity index (χ1v) is 6.87. The van der Waals surface area contributed by atoms with E-state index in [0.717, 1.165) is 24.2 Å². The highest BCUT2D eigenvalue weighted by Crippen LogP contribution is 2.41. The van der Waals surface area contributed by atoms with Crippen molar-refractivity contribution in [3.05, 3.63) is 35.0 Å². The maximum absolute atomic E-state index is 9.69. The van der Waals surface area contributed by atoms with Crippen LogP contribution in [0.3, 0.4) is 0 Å². The van der Waals surface area contributed by atoms with E-state index in [1.54, 1.807) is 13.2 Å². The number of ether oxygens (including phenoxy) is 2. The first kappa shape index (κ1) is 14.0. The second-order valence-corrected chi connectivity index (χ2v) is 5.17. The van der Waals surface area contributed by atoms with Crippen LogP contribution in [0.1, 0.15) is 33.1 Å². The molecule has 19 heavy (non-hydrogen) atoms. The average Bonchev–Trinajstić information content (AvgIpc) is 2.77. The molecule has 4 heteroatoms. The number of rotatable bonds is 3. The summed E-state index contributed by atoms with van der Waals surface area (Å²) >= 11 is 0. The van der Waals surface area contributed by atoms with Crippen molar-refractivity contribution in [2.24, 2.45) is 11.7 Å². The molecule has 0 bridgehead atoms. The van der Waals surface area contributed by atoms with E-state index in [1.165, 1.54) is 0 Å². The van der Waals surface area contributed by atoms with E-state index in [0.29, 0.717) is 24.7 Å². The van der Waals surface area contributed by atoms with E-state index in [2.05, 4.69) is 13.8 Å². The van der Waals surface area contributed by atoms with Crippen LogP contribution in [0.4, 0.5) is 0 Å². The molecule has 3 N–H and O–H groups in total. The Balaban J connectivity index is 2.41. The Bertz CT molecular complexity index is 450. The summed E-state index contributed by atoms with van der Waals surface area (Å²) < 4.78 is 11.0. The van der Waals surface area contributed by atoms with Gasteiger partial charge in [-0.2, -0.15) is 0 Å². The highest BCUT2D eigenvalue weighted by molar-refractivity contribution is 5.41. The second kappa shape index (κ2) is 5.29. The molecule has 0 aromatic carbocycles. The third kappa shape index (κ3) is 2.25. The van der Waals surface area contributed by atoms with Crippen molar-refractivity contribution in [1.82, 2.24) is 0 Å². The lowest BCUT2D eigenvalue weighted by molar-refractivity contribution is 0.234. The van der Waals surface area contributed by atoms with E-state index in [9.17, 15) is 5.11 Å². The van der Waals surface area contributed by atoms with E-state index >= 15 is 0 Å². The van der Waals surface area contributed by atoms with Crippen LogP contribution in [0, 0.1) is 5.92 Å². The fourth-order valence-corrected chi connectivity index (χ4v) is 2.90. The van der Waals surface area contributed by atoms with Gasteiger partial charge >= 0.3 is 0 Å². The summed E-state index contributed by atoms with van der Waals surface area (Å²) in [6.45, 7) is 4.91. The van der Waals surface area contributed by atoms with Crippen LogP contribution in [0.5, 0.6) is 0 Å².